The van der Waals surface area contributed by atoms with Gasteiger partial charge in [0.2, 0.25) is 0 Å². The molecule has 3 saturated carbocycles. The quantitative estimate of drug-likeness (QED) is 0.847. The highest BCUT2D eigenvalue weighted by Crippen LogP contribution is 2.66. The molecule has 4 rings (SSSR count). The van der Waals surface area contributed by atoms with Crippen molar-refractivity contribution in [1.82, 2.24) is 4.98 Å². The third kappa shape index (κ3) is 1.19. The molecule has 0 saturated heterocycles. The van der Waals surface area contributed by atoms with Gasteiger partial charge in [0.15, 0.2) is 0 Å². The van der Waals surface area contributed by atoms with Crippen LogP contribution >= 0.6 is 11.3 Å². The summed E-state index contributed by atoms with van der Waals surface area (Å²) < 4.78 is 26.0. The fourth-order valence-corrected chi connectivity index (χ4v) is 3.91. The number of thiazole rings is 1. The average Bonchev–Trinajstić information content (AvgIpc) is 2.43. The normalized spacial score (nSPS) is 38.4. The van der Waals surface area contributed by atoms with E-state index in [2.05, 4.69) is 4.98 Å². The molecule has 0 aromatic carbocycles. The van der Waals surface area contributed by atoms with Crippen molar-refractivity contribution in [2.45, 2.75) is 43.1 Å². The Morgan fingerprint density at radius 2 is 2.07 bits per heavy atom. The van der Waals surface area contributed by atoms with E-state index in [0.717, 1.165) is 31.2 Å². The average molecular weight is 230 g/mol. The van der Waals surface area contributed by atoms with Crippen LogP contribution in [0.1, 0.15) is 36.9 Å². The third-order valence-electron chi connectivity index (χ3n) is 3.48. The van der Waals surface area contributed by atoms with Gasteiger partial charge in [0, 0.05) is 23.3 Å². The van der Waals surface area contributed by atoms with Crippen LogP contribution < -0.4 is 5.73 Å². The van der Waals surface area contributed by atoms with E-state index >= 15 is 0 Å². The minimum absolute atomic E-state index is 0.000561. The molecule has 1 aromatic rings. The summed E-state index contributed by atoms with van der Waals surface area (Å²) in [4.78, 5) is 4.06. The second-order valence-electron chi connectivity index (χ2n) is 5.10. The second kappa shape index (κ2) is 2.40. The van der Waals surface area contributed by atoms with Crippen LogP contribution in [0.25, 0.3) is 0 Å². The fraction of sp³-hybridized carbons (Fsp3) is 0.700. The van der Waals surface area contributed by atoms with Crippen LogP contribution in [0.5, 0.6) is 0 Å². The van der Waals surface area contributed by atoms with Crippen molar-refractivity contribution in [2.24, 2.45) is 5.73 Å². The fourth-order valence-electron chi connectivity index (χ4n) is 2.81. The van der Waals surface area contributed by atoms with Crippen LogP contribution in [-0.2, 0) is 11.3 Å². The molecule has 0 amide bonds. The van der Waals surface area contributed by atoms with Gasteiger partial charge in [-0.1, -0.05) is 0 Å². The van der Waals surface area contributed by atoms with Gasteiger partial charge in [-0.2, -0.15) is 8.78 Å². The van der Waals surface area contributed by atoms with Gasteiger partial charge < -0.3 is 5.73 Å². The summed E-state index contributed by atoms with van der Waals surface area (Å²) in [6.45, 7) is 0.887. The lowest BCUT2D eigenvalue weighted by atomic mass is 9.40. The molecule has 2 bridgehead atoms. The van der Waals surface area contributed by atoms with Gasteiger partial charge in [0.1, 0.15) is 5.69 Å². The van der Waals surface area contributed by atoms with Crippen LogP contribution in [0.4, 0.5) is 8.78 Å². The number of alkyl halides is 2. The molecule has 3 aliphatic carbocycles. The first kappa shape index (κ1) is 9.66. The largest absolute Gasteiger partial charge is 0.325 e. The number of hydrogen-bond donors (Lipinski definition) is 1. The van der Waals surface area contributed by atoms with Gasteiger partial charge in [0.25, 0.3) is 5.92 Å². The highest BCUT2D eigenvalue weighted by molar-refractivity contribution is 7.09. The zero-order valence-electron chi connectivity index (χ0n) is 8.39. The maximum Gasteiger partial charge on any atom is 0.287 e. The van der Waals surface area contributed by atoms with Gasteiger partial charge in [-0.25, -0.2) is 4.98 Å². The molecule has 1 heterocycles. The van der Waals surface area contributed by atoms with E-state index in [9.17, 15) is 8.78 Å². The number of nitrogens with two attached hydrogens (primary N) is 1. The number of nitrogens with zero attached hydrogens (tertiary/aromatic N) is 1. The van der Waals surface area contributed by atoms with Crippen molar-refractivity contribution in [1.29, 1.82) is 0 Å². The van der Waals surface area contributed by atoms with Crippen LogP contribution in [0, 0.1) is 0 Å². The molecule has 3 fully saturated rings. The molecule has 82 valence electrons. The Morgan fingerprint density at radius 1 is 1.47 bits per heavy atom. The third-order valence-corrected chi connectivity index (χ3v) is 4.57. The predicted octanol–water partition coefficient (Wildman–Crippen LogP) is 2.39. The van der Waals surface area contributed by atoms with Gasteiger partial charge in [-0.3, -0.25) is 0 Å². The second-order valence-corrected chi connectivity index (χ2v) is 5.96. The number of hydrogen-bond acceptors (Lipinski definition) is 3. The van der Waals surface area contributed by atoms with E-state index in [-0.39, 0.29) is 16.6 Å². The molecular weight excluding hydrogens is 218 g/mol. The van der Waals surface area contributed by atoms with Crippen molar-refractivity contribution in [3.8, 4) is 0 Å². The maximum atomic E-state index is 13.0. The summed E-state index contributed by atoms with van der Waals surface area (Å²) in [7, 11) is 0. The maximum absolute atomic E-state index is 13.0. The Labute approximate surface area is 90.5 Å². The van der Waals surface area contributed by atoms with E-state index in [4.69, 9.17) is 5.73 Å². The minimum Gasteiger partial charge on any atom is -0.325 e. The molecule has 3 aliphatic rings. The molecule has 2 N–H and O–H groups in total. The summed E-state index contributed by atoms with van der Waals surface area (Å²) in [5.74, 6) is -2.82. The lowest BCUT2D eigenvalue weighted by Crippen LogP contribution is -2.74. The van der Waals surface area contributed by atoms with Gasteiger partial charge in [-0.05, 0) is 19.3 Å². The van der Waals surface area contributed by atoms with Crippen LogP contribution in [0.3, 0.4) is 0 Å². The first-order valence-corrected chi connectivity index (χ1v) is 5.84. The van der Waals surface area contributed by atoms with Crippen molar-refractivity contribution in [3.63, 3.8) is 0 Å². The molecule has 0 aliphatic heterocycles. The Morgan fingerprint density at radius 3 is 2.47 bits per heavy atom. The molecule has 15 heavy (non-hydrogen) atoms. The van der Waals surface area contributed by atoms with E-state index in [0.29, 0.717) is 0 Å². The summed E-state index contributed by atoms with van der Waals surface area (Å²) >= 11 is 1.35. The lowest BCUT2D eigenvalue weighted by molar-refractivity contribution is -0.0598. The molecule has 2 nitrogen and oxygen atoms in total. The molecule has 0 atom stereocenters. The summed E-state index contributed by atoms with van der Waals surface area (Å²) in [5, 5.41) is 2.32. The SMILES string of the molecule is CC(F)(F)c1csc(C23CC(N)(C2)C3)n1. The zero-order chi connectivity index (χ0) is 10.9. The predicted molar refractivity (Wildman–Crippen MR) is 54.1 cm³/mol. The van der Waals surface area contributed by atoms with Crippen molar-refractivity contribution >= 4 is 11.3 Å². The Bertz CT molecular complexity index is 402. The highest BCUT2D eigenvalue weighted by atomic mass is 32.1. The first-order chi connectivity index (χ1) is 6.83. The summed E-state index contributed by atoms with van der Waals surface area (Å²) in [6.07, 6.45) is 2.76. The number of rotatable bonds is 2. The summed E-state index contributed by atoms with van der Waals surface area (Å²) in [5.41, 5.74) is 5.89. The molecule has 1 aromatic heterocycles. The van der Waals surface area contributed by atoms with Crippen LogP contribution in [0.2, 0.25) is 0 Å². The van der Waals surface area contributed by atoms with Crippen molar-refractivity contribution < 1.29 is 8.78 Å². The van der Waals surface area contributed by atoms with Crippen LogP contribution in [-0.4, -0.2) is 10.5 Å². The first-order valence-electron chi connectivity index (χ1n) is 4.96. The molecule has 0 radical (unpaired) electrons. The molecule has 0 unspecified atom stereocenters. The monoisotopic (exact) mass is 230 g/mol. The molecular formula is C10H12F2N2S. The zero-order valence-corrected chi connectivity index (χ0v) is 9.20. The van der Waals surface area contributed by atoms with E-state index < -0.39 is 5.92 Å². The van der Waals surface area contributed by atoms with E-state index in [1.807, 2.05) is 0 Å². The number of halogens is 2. The topological polar surface area (TPSA) is 38.9 Å². The number of aromatic nitrogens is 1. The minimum atomic E-state index is -2.82. The molecule has 0 spiro atoms. The van der Waals surface area contributed by atoms with E-state index in [1.54, 1.807) is 0 Å². The Balaban J connectivity index is 1.87. The van der Waals surface area contributed by atoms with Crippen LogP contribution in [0.15, 0.2) is 5.38 Å². The summed E-state index contributed by atoms with van der Waals surface area (Å²) in [6, 6.07) is 0. The lowest BCUT2D eigenvalue weighted by Gasteiger charge is -2.68. The van der Waals surface area contributed by atoms with Crippen molar-refractivity contribution in [3.05, 3.63) is 16.1 Å². The molecule has 5 heteroatoms. The Hall–Kier alpha value is -0.550. The standard InChI is InChI=1S/C10H12F2N2S/c1-8(11,12)6-2-15-7(14-6)9-3-10(13,4-9)5-9/h2H,3-5,13H2,1H3. The van der Waals surface area contributed by atoms with Gasteiger partial charge in [-0.15, -0.1) is 11.3 Å². The van der Waals surface area contributed by atoms with Crippen molar-refractivity contribution in [2.75, 3.05) is 0 Å². The van der Waals surface area contributed by atoms with E-state index in [1.165, 1.54) is 16.7 Å². The Kier molecular flexibility index (Phi) is 1.55. The smallest absolute Gasteiger partial charge is 0.287 e. The van der Waals surface area contributed by atoms with Gasteiger partial charge >= 0.3 is 0 Å². The van der Waals surface area contributed by atoms with Gasteiger partial charge in [0.05, 0.1) is 5.01 Å². The highest BCUT2D eigenvalue weighted by Gasteiger charge is 2.68.